The van der Waals surface area contributed by atoms with E-state index in [2.05, 4.69) is 6.92 Å². The standard InChI is InChI=1S/C10H22O3.C3H8O2/c1-4-5-6-12-10(3)8-13-9(2)7-11;1-3(5)2-4/h9-11H,4-8H2,1-3H3;3-5H,2H2,1H3. The summed E-state index contributed by atoms with van der Waals surface area (Å²) in [6.45, 7) is 8.79. The second-order valence-electron chi connectivity index (χ2n) is 4.39. The first kappa shape index (κ1) is 20.1. The van der Waals surface area contributed by atoms with E-state index in [0.29, 0.717) is 6.61 Å². The van der Waals surface area contributed by atoms with Crippen molar-refractivity contribution in [3.8, 4) is 0 Å². The molecular formula is C13H30O5. The summed E-state index contributed by atoms with van der Waals surface area (Å²) in [6.07, 6.45) is 1.73. The van der Waals surface area contributed by atoms with E-state index in [-0.39, 0.29) is 25.4 Å². The van der Waals surface area contributed by atoms with Gasteiger partial charge in [0.2, 0.25) is 0 Å². The molecular weight excluding hydrogens is 236 g/mol. The molecule has 0 aromatic heterocycles. The van der Waals surface area contributed by atoms with Crippen molar-refractivity contribution in [2.45, 2.75) is 58.8 Å². The van der Waals surface area contributed by atoms with Gasteiger partial charge in [-0.25, -0.2) is 0 Å². The number of aliphatic hydroxyl groups excluding tert-OH is 3. The van der Waals surface area contributed by atoms with Crippen LogP contribution in [0.3, 0.4) is 0 Å². The first-order valence-corrected chi connectivity index (χ1v) is 6.60. The Bertz CT molecular complexity index is 152. The Balaban J connectivity index is 0. The number of rotatable bonds is 9. The molecule has 0 saturated carbocycles. The number of unbranched alkanes of at least 4 members (excludes halogenated alkanes) is 1. The summed E-state index contributed by atoms with van der Waals surface area (Å²) in [5.74, 6) is 0. The minimum Gasteiger partial charge on any atom is -0.394 e. The SMILES string of the molecule is CC(O)CO.CCCCOC(C)COC(C)CO. The first-order valence-electron chi connectivity index (χ1n) is 6.60. The van der Waals surface area contributed by atoms with E-state index >= 15 is 0 Å². The predicted molar refractivity (Wildman–Crippen MR) is 71.6 cm³/mol. The van der Waals surface area contributed by atoms with Crippen molar-refractivity contribution >= 4 is 0 Å². The van der Waals surface area contributed by atoms with E-state index in [1.807, 2.05) is 13.8 Å². The van der Waals surface area contributed by atoms with Gasteiger partial charge in [-0.05, 0) is 27.2 Å². The molecule has 0 aliphatic rings. The Kier molecular flexibility index (Phi) is 16.6. The highest BCUT2D eigenvalue weighted by Crippen LogP contribution is 1.98. The Morgan fingerprint density at radius 3 is 1.89 bits per heavy atom. The average Bonchev–Trinajstić information content (AvgIpc) is 2.36. The van der Waals surface area contributed by atoms with Gasteiger partial charge >= 0.3 is 0 Å². The van der Waals surface area contributed by atoms with Crippen molar-refractivity contribution < 1.29 is 24.8 Å². The zero-order valence-electron chi connectivity index (χ0n) is 12.1. The molecule has 0 aliphatic carbocycles. The Hall–Kier alpha value is -0.200. The zero-order valence-corrected chi connectivity index (χ0v) is 12.1. The largest absolute Gasteiger partial charge is 0.394 e. The molecule has 0 amide bonds. The van der Waals surface area contributed by atoms with Crippen LogP contribution in [0, 0.1) is 0 Å². The van der Waals surface area contributed by atoms with Crippen LogP contribution in [0.5, 0.6) is 0 Å². The number of hydrogen-bond acceptors (Lipinski definition) is 5. The first-order chi connectivity index (χ1) is 8.47. The summed E-state index contributed by atoms with van der Waals surface area (Å²) in [7, 11) is 0. The average molecular weight is 266 g/mol. The molecule has 0 spiro atoms. The molecule has 0 aromatic rings. The second kappa shape index (κ2) is 14.9. The molecule has 3 atom stereocenters. The molecule has 0 radical (unpaired) electrons. The number of ether oxygens (including phenoxy) is 2. The molecule has 0 aliphatic heterocycles. The monoisotopic (exact) mass is 266 g/mol. The van der Waals surface area contributed by atoms with Crippen molar-refractivity contribution in [3.05, 3.63) is 0 Å². The van der Waals surface area contributed by atoms with Crippen LogP contribution < -0.4 is 0 Å². The van der Waals surface area contributed by atoms with Crippen molar-refractivity contribution in [2.75, 3.05) is 26.4 Å². The number of hydrogen-bond donors (Lipinski definition) is 3. The molecule has 0 rings (SSSR count). The lowest BCUT2D eigenvalue weighted by Crippen LogP contribution is -2.22. The van der Waals surface area contributed by atoms with E-state index < -0.39 is 6.10 Å². The normalized spacial score (nSPS) is 15.5. The Labute approximate surface area is 111 Å². The summed E-state index contributed by atoms with van der Waals surface area (Å²) in [5.41, 5.74) is 0. The van der Waals surface area contributed by atoms with Gasteiger partial charge in [-0.3, -0.25) is 0 Å². The van der Waals surface area contributed by atoms with Gasteiger partial charge in [0.25, 0.3) is 0 Å². The van der Waals surface area contributed by atoms with Gasteiger partial charge in [-0.15, -0.1) is 0 Å². The molecule has 0 heterocycles. The van der Waals surface area contributed by atoms with Crippen LogP contribution in [0.2, 0.25) is 0 Å². The van der Waals surface area contributed by atoms with Crippen LogP contribution in [0.1, 0.15) is 40.5 Å². The van der Waals surface area contributed by atoms with E-state index in [1.165, 1.54) is 6.92 Å². The minimum atomic E-state index is -0.560. The van der Waals surface area contributed by atoms with Crippen LogP contribution in [0.15, 0.2) is 0 Å². The van der Waals surface area contributed by atoms with Crippen LogP contribution in [-0.2, 0) is 9.47 Å². The topological polar surface area (TPSA) is 79.2 Å². The van der Waals surface area contributed by atoms with Gasteiger partial charge in [-0.1, -0.05) is 13.3 Å². The Morgan fingerprint density at radius 2 is 1.50 bits per heavy atom. The number of aliphatic hydroxyl groups is 3. The fraction of sp³-hybridized carbons (Fsp3) is 1.00. The summed E-state index contributed by atoms with van der Waals surface area (Å²) < 4.78 is 10.8. The van der Waals surface area contributed by atoms with Crippen LogP contribution >= 0.6 is 0 Å². The molecule has 0 aromatic carbocycles. The highest BCUT2D eigenvalue weighted by atomic mass is 16.5. The van der Waals surface area contributed by atoms with Gasteiger partial charge in [-0.2, -0.15) is 0 Å². The summed E-state index contributed by atoms with van der Waals surface area (Å²) in [6, 6.07) is 0. The molecule has 3 N–H and O–H groups in total. The lowest BCUT2D eigenvalue weighted by Gasteiger charge is -2.15. The van der Waals surface area contributed by atoms with E-state index in [4.69, 9.17) is 24.8 Å². The van der Waals surface area contributed by atoms with Gasteiger partial charge in [0, 0.05) is 6.61 Å². The molecule has 5 nitrogen and oxygen atoms in total. The predicted octanol–water partition coefficient (Wildman–Crippen LogP) is 0.948. The van der Waals surface area contributed by atoms with Crippen LogP contribution in [0.25, 0.3) is 0 Å². The summed E-state index contributed by atoms with van der Waals surface area (Å²) in [4.78, 5) is 0. The molecule has 3 unspecified atom stereocenters. The lowest BCUT2D eigenvalue weighted by molar-refractivity contribution is -0.0457. The third-order valence-corrected chi connectivity index (χ3v) is 2.04. The van der Waals surface area contributed by atoms with Crippen molar-refractivity contribution in [2.24, 2.45) is 0 Å². The summed E-state index contributed by atoms with van der Waals surface area (Å²) in [5, 5.41) is 24.7. The highest BCUT2D eigenvalue weighted by Gasteiger charge is 2.05. The van der Waals surface area contributed by atoms with E-state index in [0.717, 1.165) is 19.4 Å². The smallest absolute Gasteiger partial charge is 0.0780 e. The van der Waals surface area contributed by atoms with Crippen molar-refractivity contribution in [1.29, 1.82) is 0 Å². The van der Waals surface area contributed by atoms with Crippen LogP contribution in [-0.4, -0.2) is 60.1 Å². The van der Waals surface area contributed by atoms with Crippen molar-refractivity contribution in [3.63, 3.8) is 0 Å². The molecule has 0 fully saturated rings. The fourth-order valence-corrected chi connectivity index (χ4v) is 0.829. The maximum absolute atomic E-state index is 8.70. The van der Waals surface area contributed by atoms with Crippen LogP contribution in [0.4, 0.5) is 0 Å². The van der Waals surface area contributed by atoms with Gasteiger partial charge in [0.1, 0.15) is 0 Å². The maximum atomic E-state index is 8.70. The van der Waals surface area contributed by atoms with Crippen molar-refractivity contribution in [1.82, 2.24) is 0 Å². The molecule has 112 valence electrons. The maximum Gasteiger partial charge on any atom is 0.0780 e. The molecule has 0 bridgehead atoms. The third-order valence-electron chi connectivity index (χ3n) is 2.04. The lowest BCUT2D eigenvalue weighted by atomic mass is 10.3. The van der Waals surface area contributed by atoms with Gasteiger partial charge in [0.05, 0.1) is 38.1 Å². The molecule has 5 heteroatoms. The van der Waals surface area contributed by atoms with Gasteiger partial charge in [0.15, 0.2) is 0 Å². The second-order valence-corrected chi connectivity index (χ2v) is 4.39. The molecule has 18 heavy (non-hydrogen) atoms. The van der Waals surface area contributed by atoms with E-state index in [1.54, 1.807) is 0 Å². The van der Waals surface area contributed by atoms with E-state index in [9.17, 15) is 0 Å². The highest BCUT2D eigenvalue weighted by molar-refractivity contribution is 4.51. The minimum absolute atomic E-state index is 0.0711. The van der Waals surface area contributed by atoms with Gasteiger partial charge < -0.3 is 24.8 Å². The fourth-order valence-electron chi connectivity index (χ4n) is 0.829. The quantitative estimate of drug-likeness (QED) is 0.541. The third kappa shape index (κ3) is 18.2. The molecule has 0 saturated heterocycles. The summed E-state index contributed by atoms with van der Waals surface area (Å²) >= 11 is 0. The Morgan fingerprint density at radius 1 is 0.944 bits per heavy atom. The zero-order chi connectivity index (χ0) is 14.4.